The number of anilines is 3. The third kappa shape index (κ3) is 3.81. The number of aromatic nitrogens is 5. The standard InChI is InChI=1S/C16H18IN9O2/c1-3-8(13(18)27)22-16-23-15(11(14(19)28)24-25-16)21-9-5-4-7-6-20-26(2)12(7)10(9)17/h4-6,8H,3H2,1-2H3,(H2,18,27)(H2,19,28)(H2,21,22,23,25)/t8-/m1/s1. The Labute approximate surface area is 173 Å². The molecule has 0 aliphatic heterocycles. The van der Waals surface area contributed by atoms with Crippen molar-refractivity contribution in [1.82, 2.24) is 25.0 Å². The third-order valence-corrected chi connectivity index (χ3v) is 5.16. The summed E-state index contributed by atoms with van der Waals surface area (Å²) in [5, 5.41) is 18.7. The van der Waals surface area contributed by atoms with Gasteiger partial charge in [-0.15, -0.1) is 10.2 Å². The molecule has 0 aliphatic rings. The lowest BCUT2D eigenvalue weighted by Crippen LogP contribution is -2.35. The smallest absolute Gasteiger partial charge is 0.273 e. The zero-order valence-electron chi connectivity index (χ0n) is 15.1. The summed E-state index contributed by atoms with van der Waals surface area (Å²) in [6, 6.07) is 3.06. The summed E-state index contributed by atoms with van der Waals surface area (Å²) < 4.78 is 2.63. The molecule has 0 unspecified atom stereocenters. The maximum Gasteiger partial charge on any atom is 0.273 e. The summed E-state index contributed by atoms with van der Waals surface area (Å²) in [7, 11) is 1.84. The van der Waals surface area contributed by atoms with Crippen LogP contribution in [0.25, 0.3) is 10.9 Å². The van der Waals surface area contributed by atoms with Gasteiger partial charge in [-0.3, -0.25) is 14.3 Å². The number of amides is 2. The van der Waals surface area contributed by atoms with Gasteiger partial charge in [-0.25, -0.2) is 0 Å². The monoisotopic (exact) mass is 495 g/mol. The molecular formula is C16H18IN9O2. The van der Waals surface area contributed by atoms with E-state index in [1.54, 1.807) is 17.8 Å². The quantitative estimate of drug-likeness (QED) is 0.351. The van der Waals surface area contributed by atoms with Crippen LogP contribution in [0.5, 0.6) is 0 Å². The topological polar surface area (TPSA) is 167 Å². The van der Waals surface area contributed by atoms with E-state index in [1.165, 1.54) is 0 Å². The fraction of sp³-hybridized carbons (Fsp3) is 0.250. The van der Waals surface area contributed by atoms with E-state index in [-0.39, 0.29) is 17.5 Å². The normalized spacial score (nSPS) is 12.0. The number of nitrogens with two attached hydrogens (primary N) is 2. The van der Waals surface area contributed by atoms with Crippen LogP contribution in [0.1, 0.15) is 23.8 Å². The van der Waals surface area contributed by atoms with E-state index in [4.69, 9.17) is 11.5 Å². The molecule has 6 N–H and O–H groups in total. The zero-order valence-corrected chi connectivity index (χ0v) is 17.3. The molecule has 0 bridgehead atoms. The molecule has 1 aromatic carbocycles. The first-order valence-corrected chi connectivity index (χ1v) is 9.37. The van der Waals surface area contributed by atoms with Crippen molar-refractivity contribution in [2.75, 3.05) is 10.6 Å². The average molecular weight is 495 g/mol. The van der Waals surface area contributed by atoms with Gasteiger partial charge in [0, 0.05) is 12.4 Å². The number of primary amides is 2. The number of nitrogens with one attached hydrogen (secondary N) is 2. The van der Waals surface area contributed by atoms with E-state index in [2.05, 4.69) is 53.5 Å². The minimum Gasteiger partial charge on any atom is -0.368 e. The van der Waals surface area contributed by atoms with Gasteiger partial charge in [0.1, 0.15) is 6.04 Å². The van der Waals surface area contributed by atoms with Crippen LogP contribution < -0.4 is 22.1 Å². The van der Waals surface area contributed by atoms with Crippen LogP contribution in [-0.2, 0) is 11.8 Å². The molecule has 146 valence electrons. The summed E-state index contributed by atoms with van der Waals surface area (Å²) in [6.07, 6.45) is 2.20. The highest BCUT2D eigenvalue weighted by atomic mass is 127. The molecule has 2 aromatic heterocycles. The first-order chi connectivity index (χ1) is 13.3. The maximum atomic E-state index is 11.7. The Kier molecular flexibility index (Phi) is 5.58. The van der Waals surface area contributed by atoms with Gasteiger partial charge in [-0.05, 0) is 41.1 Å². The Morgan fingerprint density at radius 3 is 2.68 bits per heavy atom. The van der Waals surface area contributed by atoms with Crippen LogP contribution in [0.2, 0.25) is 0 Å². The van der Waals surface area contributed by atoms with E-state index < -0.39 is 17.9 Å². The number of rotatable bonds is 7. The fourth-order valence-electron chi connectivity index (χ4n) is 2.61. The van der Waals surface area contributed by atoms with Gasteiger partial charge in [-0.2, -0.15) is 10.1 Å². The molecule has 0 spiro atoms. The highest BCUT2D eigenvalue weighted by Crippen LogP contribution is 2.30. The SMILES string of the molecule is CC[C@@H](Nc1nnc(C(N)=O)c(Nc2ccc3cnn(C)c3c2I)n1)C(N)=O. The van der Waals surface area contributed by atoms with Gasteiger partial charge in [0.05, 0.1) is 21.0 Å². The zero-order chi connectivity index (χ0) is 20.4. The number of carbonyl (C=O) groups is 2. The summed E-state index contributed by atoms with van der Waals surface area (Å²) in [6.45, 7) is 1.79. The second kappa shape index (κ2) is 7.92. The lowest BCUT2D eigenvalue weighted by Gasteiger charge is -2.15. The van der Waals surface area contributed by atoms with Crippen molar-refractivity contribution in [2.24, 2.45) is 18.5 Å². The fourth-order valence-corrected chi connectivity index (χ4v) is 3.59. The van der Waals surface area contributed by atoms with E-state index in [0.29, 0.717) is 12.1 Å². The summed E-state index contributed by atoms with van der Waals surface area (Å²) >= 11 is 2.18. The average Bonchev–Trinajstić information content (AvgIpc) is 3.03. The van der Waals surface area contributed by atoms with Gasteiger partial charge in [0.25, 0.3) is 5.91 Å². The largest absolute Gasteiger partial charge is 0.368 e. The van der Waals surface area contributed by atoms with Crippen LogP contribution in [0, 0.1) is 3.57 Å². The van der Waals surface area contributed by atoms with Crippen molar-refractivity contribution in [2.45, 2.75) is 19.4 Å². The molecule has 11 nitrogen and oxygen atoms in total. The number of halogens is 1. The molecule has 0 aliphatic carbocycles. The van der Waals surface area contributed by atoms with Crippen LogP contribution in [-0.4, -0.2) is 42.8 Å². The number of fused-ring (bicyclic) bond motifs is 1. The third-order valence-electron chi connectivity index (χ3n) is 4.07. The van der Waals surface area contributed by atoms with Gasteiger partial charge in [0.2, 0.25) is 11.9 Å². The van der Waals surface area contributed by atoms with Crippen molar-refractivity contribution in [1.29, 1.82) is 0 Å². The highest BCUT2D eigenvalue weighted by molar-refractivity contribution is 14.1. The Hall–Kier alpha value is -3.03. The van der Waals surface area contributed by atoms with E-state index in [9.17, 15) is 9.59 Å². The molecule has 3 rings (SSSR count). The molecule has 28 heavy (non-hydrogen) atoms. The first-order valence-electron chi connectivity index (χ1n) is 8.29. The molecule has 0 saturated carbocycles. The summed E-state index contributed by atoms with van der Waals surface area (Å²) in [5.74, 6) is -1.16. The molecule has 0 saturated heterocycles. The number of benzene rings is 1. The molecule has 3 aromatic rings. The van der Waals surface area contributed by atoms with Gasteiger partial charge in [0.15, 0.2) is 11.5 Å². The van der Waals surface area contributed by atoms with Crippen molar-refractivity contribution in [3.63, 3.8) is 0 Å². The highest BCUT2D eigenvalue weighted by Gasteiger charge is 2.19. The van der Waals surface area contributed by atoms with Crippen molar-refractivity contribution in [3.05, 3.63) is 27.6 Å². The second-order valence-corrected chi connectivity index (χ2v) is 7.04. The molecule has 2 heterocycles. The van der Waals surface area contributed by atoms with Crippen LogP contribution in [0.4, 0.5) is 17.5 Å². The lowest BCUT2D eigenvalue weighted by atomic mass is 10.2. The Bertz CT molecular complexity index is 1070. The number of nitrogens with zero attached hydrogens (tertiary/aromatic N) is 5. The Morgan fingerprint density at radius 1 is 1.29 bits per heavy atom. The summed E-state index contributed by atoms with van der Waals surface area (Å²) in [5.41, 5.74) is 12.2. The van der Waals surface area contributed by atoms with E-state index in [1.807, 2.05) is 19.2 Å². The van der Waals surface area contributed by atoms with Crippen molar-refractivity contribution >= 4 is 62.8 Å². The van der Waals surface area contributed by atoms with Crippen LogP contribution >= 0.6 is 22.6 Å². The molecule has 0 fully saturated rings. The van der Waals surface area contributed by atoms with Gasteiger partial charge >= 0.3 is 0 Å². The second-order valence-electron chi connectivity index (χ2n) is 5.96. The predicted molar refractivity (Wildman–Crippen MR) is 112 cm³/mol. The molecular weight excluding hydrogens is 477 g/mol. The van der Waals surface area contributed by atoms with Crippen LogP contribution in [0.3, 0.4) is 0 Å². The number of hydrogen-bond donors (Lipinski definition) is 4. The molecule has 2 amide bonds. The first kappa shape index (κ1) is 19.7. The van der Waals surface area contributed by atoms with E-state index >= 15 is 0 Å². The molecule has 12 heteroatoms. The van der Waals surface area contributed by atoms with Crippen molar-refractivity contribution in [3.8, 4) is 0 Å². The van der Waals surface area contributed by atoms with E-state index in [0.717, 1.165) is 14.5 Å². The molecule has 0 radical (unpaired) electrons. The summed E-state index contributed by atoms with van der Waals surface area (Å²) in [4.78, 5) is 27.5. The van der Waals surface area contributed by atoms with Crippen LogP contribution in [0.15, 0.2) is 18.3 Å². The predicted octanol–water partition coefficient (Wildman–Crippen LogP) is 0.881. The Balaban J connectivity index is 2.01. The number of hydrogen-bond acceptors (Lipinski definition) is 8. The van der Waals surface area contributed by atoms with Crippen molar-refractivity contribution < 1.29 is 9.59 Å². The number of carbonyl (C=O) groups excluding carboxylic acids is 2. The van der Waals surface area contributed by atoms with Gasteiger partial charge in [-0.1, -0.05) is 6.92 Å². The number of aryl methyl sites for hydroxylation is 1. The Morgan fingerprint density at radius 2 is 2.04 bits per heavy atom. The minimum atomic E-state index is -0.785. The molecule has 1 atom stereocenters. The lowest BCUT2D eigenvalue weighted by molar-refractivity contribution is -0.118. The minimum absolute atomic E-state index is 0.0507. The maximum absolute atomic E-state index is 11.7. The van der Waals surface area contributed by atoms with Gasteiger partial charge < -0.3 is 22.1 Å².